The van der Waals surface area contributed by atoms with E-state index in [1.54, 1.807) is 25.6 Å². The lowest BCUT2D eigenvalue weighted by Crippen LogP contribution is -2.37. The smallest absolute Gasteiger partial charge is 0.280 e. The summed E-state index contributed by atoms with van der Waals surface area (Å²) in [7, 11) is 3.27. The number of nitrogens with zero attached hydrogens (tertiary/aromatic N) is 4. The van der Waals surface area contributed by atoms with E-state index in [0.29, 0.717) is 24.3 Å². The molecule has 8 heteroatoms. The molecule has 0 unspecified atom stereocenters. The third-order valence-electron chi connectivity index (χ3n) is 5.00. The maximum Gasteiger partial charge on any atom is 0.280 e. The number of amides is 1. The summed E-state index contributed by atoms with van der Waals surface area (Å²) in [5, 5.41) is 15.2. The fourth-order valence-electron chi connectivity index (χ4n) is 3.57. The van der Waals surface area contributed by atoms with Crippen LogP contribution >= 0.6 is 0 Å². The standard InChI is InChI=1S/C19H20N4O4/c1-11-15-14(17(24)16-19(26)21(2)8-9-22(15)16)18(25)23(20-11)10-12-4-6-13(27-3)7-5-12/h4-7,24H,8-10H2,1-3H3. The lowest BCUT2D eigenvalue weighted by molar-refractivity contribution is 0.0747. The molecule has 0 fully saturated rings. The van der Waals surface area contributed by atoms with Gasteiger partial charge >= 0.3 is 0 Å². The van der Waals surface area contributed by atoms with Crippen LogP contribution in [0.4, 0.5) is 0 Å². The fourth-order valence-corrected chi connectivity index (χ4v) is 3.57. The molecule has 140 valence electrons. The van der Waals surface area contributed by atoms with Crippen molar-refractivity contribution in [1.29, 1.82) is 0 Å². The lowest BCUT2D eigenvalue weighted by atomic mass is 10.2. The van der Waals surface area contributed by atoms with Gasteiger partial charge in [0.15, 0.2) is 11.4 Å². The molecule has 3 aromatic rings. The highest BCUT2D eigenvalue weighted by molar-refractivity contribution is 6.04. The van der Waals surface area contributed by atoms with Crippen LogP contribution < -0.4 is 10.3 Å². The van der Waals surface area contributed by atoms with Gasteiger partial charge in [-0.1, -0.05) is 12.1 Å². The lowest BCUT2D eigenvalue weighted by Gasteiger charge is -2.25. The molecule has 8 nitrogen and oxygen atoms in total. The number of methoxy groups -OCH3 is 1. The van der Waals surface area contributed by atoms with Crippen molar-refractivity contribution in [1.82, 2.24) is 19.2 Å². The number of likely N-dealkylation sites (N-methyl/N-ethyl adjacent to an activating group) is 1. The number of hydrogen-bond donors (Lipinski definition) is 1. The molecule has 1 aromatic carbocycles. The molecule has 27 heavy (non-hydrogen) atoms. The summed E-state index contributed by atoms with van der Waals surface area (Å²) < 4.78 is 8.17. The Labute approximate surface area is 155 Å². The van der Waals surface area contributed by atoms with E-state index in [4.69, 9.17) is 4.74 Å². The Bertz CT molecular complexity index is 1110. The van der Waals surface area contributed by atoms with Gasteiger partial charge in [0.1, 0.15) is 11.1 Å². The van der Waals surface area contributed by atoms with Gasteiger partial charge in [-0.05, 0) is 24.6 Å². The average molecular weight is 368 g/mol. The minimum Gasteiger partial charge on any atom is -0.505 e. The number of fused-ring (bicyclic) bond motifs is 3. The van der Waals surface area contributed by atoms with Crippen LogP contribution in [0.3, 0.4) is 0 Å². The van der Waals surface area contributed by atoms with Crippen LogP contribution in [-0.4, -0.2) is 51.0 Å². The van der Waals surface area contributed by atoms with Gasteiger partial charge < -0.3 is 19.3 Å². The number of ether oxygens (including phenoxy) is 1. The van der Waals surface area contributed by atoms with Crippen molar-refractivity contribution in [2.24, 2.45) is 0 Å². The topological polar surface area (TPSA) is 89.6 Å². The minimum absolute atomic E-state index is 0.148. The van der Waals surface area contributed by atoms with E-state index in [1.165, 1.54) is 9.58 Å². The highest BCUT2D eigenvalue weighted by Crippen LogP contribution is 2.33. The first kappa shape index (κ1) is 17.1. The average Bonchev–Trinajstić information content (AvgIpc) is 2.97. The van der Waals surface area contributed by atoms with Gasteiger partial charge in [0.25, 0.3) is 11.5 Å². The Morgan fingerprint density at radius 2 is 1.89 bits per heavy atom. The molecule has 0 spiro atoms. The molecule has 0 saturated heterocycles. The van der Waals surface area contributed by atoms with E-state index in [0.717, 1.165) is 11.3 Å². The van der Waals surface area contributed by atoms with E-state index in [1.807, 2.05) is 24.3 Å². The zero-order chi connectivity index (χ0) is 19.3. The van der Waals surface area contributed by atoms with Gasteiger partial charge in [-0.25, -0.2) is 4.68 Å². The minimum atomic E-state index is -0.415. The molecule has 1 amide bonds. The number of aromatic nitrogens is 3. The number of aryl methyl sites for hydroxylation is 1. The SMILES string of the molecule is COc1ccc(Cn2nc(C)c3c(c(O)c4n3CCN(C)C4=O)c2=O)cc1. The summed E-state index contributed by atoms with van der Waals surface area (Å²) in [6.07, 6.45) is 0. The van der Waals surface area contributed by atoms with Gasteiger partial charge in [-0.2, -0.15) is 5.10 Å². The van der Waals surface area contributed by atoms with Crippen LogP contribution in [0.5, 0.6) is 11.5 Å². The van der Waals surface area contributed by atoms with E-state index in [2.05, 4.69) is 5.10 Å². The van der Waals surface area contributed by atoms with E-state index < -0.39 is 5.56 Å². The maximum absolute atomic E-state index is 13.0. The molecule has 0 radical (unpaired) electrons. The molecule has 2 aromatic heterocycles. The predicted molar refractivity (Wildman–Crippen MR) is 99.5 cm³/mol. The van der Waals surface area contributed by atoms with Crippen molar-refractivity contribution in [3.8, 4) is 11.5 Å². The molecule has 0 aliphatic carbocycles. The monoisotopic (exact) mass is 368 g/mol. The maximum atomic E-state index is 13.0. The Balaban J connectivity index is 1.87. The van der Waals surface area contributed by atoms with Gasteiger partial charge in [0, 0.05) is 20.1 Å². The van der Waals surface area contributed by atoms with Crippen molar-refractivity contribution in [3.63, 3.8) is 0 Å². The van der Waals surface area contributed by atoms with Gasteiger partial charge in [-0.3, -0.25) is 9.59 Å². The summed E-state index contributed by atoms with van der Waals surface area (Å²) in [6.45, 7) is 3.07. The van der Waals surface area contributed by atoms with Gasteiger partial charge in [0.2, 0.25) is 0 Å². The second kappa shape index (κ2) is 6.15. The van der Waals surface area contributed by atoms with E-state index in [9.17, 15) is 14.7 Å². The Kier molecular flexibility index (Phi) is 3.91. The van der Waals surface area contributed by atoms with Crippen LogP contribution in [0.25, 0.3) is 10.9 Å². The van der Waals surface area contributed by atoms with E-state index >= 15 is 0 Å². The second-order valence-electron chi connectivity index (χ2n) is 6.70. The van der Waals surface area contributed by atoms with Crippen molar-refractivity contribution in [2.75, 3.05) is 20.7 Å². The Morgan fingerprint density at radius 1 is 1.19 bits per heavy atom. The van der Waals surface area contributed by atoms with Crippen LogP contribution in [0.2, 0.25) is 0 Å². The number of carbonyl (C=O) groups excluding carboxylic acids is 1. The number of carbonyl (C=O) groups is 1. The predicted octanol–water partition coefficient (Wildman–Crippen LogP) is 1.35. The third kappa shape index (κ3) is 2.56. The molecule has 1 aliphatic heterocycles. The number of aromatic hydroxyl groups is 1. The number of rotatable bonds is 3. The highest BCUT2D eigenvalue weighted by atomic mass is 16.5. The molecule has 0 saturated carbocycles. The van der Waals surface area contributed by atoms with Crippen molar-refractivity contribution in [3.05, 3.63) is 51.6 Å². The molecule has 1 N–H and O–H groups in total. The van der Waals surface area contributed by atoms with Crippen LogP contribution in [-0.2, 0) is 13.1 Å². The summed E-state index contributed by atoms with van der Waals surface area (Å²) in [5.74, 6) is 0.169. The second-order valence-corrected chi connectivity index (χ2v) is 6.70. The molecule has 4 rings (SSSR count). The number of benzene rings is 1. The summed E-state index contributed by atoms with van der Waals surface area (Å²) in [6, 6.07) is 7.34. The van der Waals surface area contributed by atoms with E-state index in [-0.39, 0.29) is 29.3 Å². The molecule has 0 bridgehead atoms. The molecular weight excluding hydrogens is 348 g/mol. The Morgan fingerprint density at radius 3 is 2.56 bits per heavy atom. The molecule has 1 aliphatic rings. The molecular formula is C19H20N4O4. The van der Waals surface area contributed by atoms with Gasteiger partial charge in [0.05, 0.1) is 24.9 Å². The third-order valence-corrected chi connectivity index (χ3v) is 5.00. The molecule has 0 atom stereocenters. The normalized spacial score (nSPS) is 13.9. The quantitative estimate of drug-likeness (QED) is 0.754. The summed E-state index contributed by atoms with van der Waals surface area (Å²) in [5.41, 5.74) is 1.74. The highest BCUT2D eigenvalue weighted by Gasteiger charge is 2.31. The summed E-state index contributed by atoms with van der Waals surface area (Å²) >= 11 is 0. The van der Waals surface area contributed by atoms with Crippen LogP contribution in [0.15, 0.2) is 29.1 Å². The number of hydrogen-bond acceptors (Lipinski definition) is 5. The van der Waals surface area contributed by atoms with Crippen molar-refractivity contribution >= 4 is 16.8 Å². The molecule has 3 heterocycles. The van der Waals surface area contributed by atoms with Crippen molar-refractivity contribution < 1.29 is 14.6 Å². The summed E-state index contributed by atoms with van der Waals surface area (Å²) in [4.78, 5) is 27.0. The van der Waals surface area contributed by atoms with Crippen LogP contribution in [0, 0.1) is 6.92 Å². The van der Waals surface area contributed by atoms with Gasteiger partial charge in [-0.15, -0.1) is 0 Å². The largest absolute Gasteiger partial charge is 0.505 e. The first-order chi connectivity index (χ1) is 12.9. The fraction of sp³-hybridized carbons (Fsp3) is 0.316. The first-order valence-electron chi connectivity index (χ1n) is 8.63. The zero-order valence-corrected chi connectivity index (χ0v) is 15.4. The van der Waals surface area contributed by atoms with Crippen LogP contribution in [0.1, 0.15) is 21.7 Å². The Hall–Kier alpha value is -3.29. The first-order valence-corrected chi connectivity index (χ1v) is 8.63. The van der Waals surface area contributed by atoms with Crippen molar-refractivity contribution in [2.45, 2.75) is 20.0 Å². The zero-order valence-electron chi connectivity index (χ0n) is 15.4.